The molecule has 4 nitrogen and oxygen atoms in total. The summed E-state index contributed by atoms with van der Waals surface area (Å²) >= 11 is 0. The van der Waals surface area contributed by atoms with Gasteiger partial charge in [0.2, 0.25) is 10.0 Å². The fraction of sp³-hybridized carbons (Fsp3) is 0.571. The average molecular weight is 282 g/mol. The number of anilines is 2. The maximum absolute atomic E-state index is 12.4. The highest BCUT2D eigenvalue weighted by Gasteiger charge is 2.25. The van der Waals surface area contributed by atoms with Gasteiger partial charge in [-0.1, -0.05) is 25.3 Å². The molecule has 0 spiro atoms. The normalized spacial score (nSPS) is 17.3. The lowest BCUT2D eigenvalue weighted by molar-refractivity contribution is 0.385. The van der Waals surface area contributed by atoms with Gasteiger partial charge in [0, 0.05) is 12.7 Å². The van der Waals surface area contributed by atoms with Crippen LogP contribution in [-0.4, -0.2) is 21.2 Å². The van der Waals surface area contributed by atoms with E-state index in [1.807, 2.05) is 0 Å². The number of nitrogens with two attached hydrogens (primary N) is 1. The smallest absolute Gasteiger partial charge is 0.235 e. The summed E-state index contributed by atoms with van der Waals surface area (Å²) in [7, 11) is -1.65. The summed E-state index contributed by atoms with van der Waals surface area (Å²) in [5.41, 5.74) is 6.92. The second kappa shape index (κ2) is 5.82. The molecule has 2 rings (SSSR count). The molecule has 1 aromatic rings. The maximum atomic E-state index is 12.4. The van der Waals surface area contributed by atoms with Gasteiger partial charge in [-0.3, -0.25) is 4.31 Å². The van der Waals surface area contributed by atoms with Gasteiger partial charge in [0.05, 0.1) is 11.4 Å². The molecule has 0 saturated heterocycles. The molecule has 0 amide bonds. The van der Waals surface area contributed by atoms with Crippen LogP contribution in [0, 0.1) is 5.92 Å². The number of hydrogen-bond donors (Lipinski definition) is 1. The zero-order valence-electron chi connectivity index (χ0n) is 11.4. The molecule has 1 saturated carbocycles. The Morgan fingerprint density at radius 1 is 1.26 bits per heavy atom. The number of benzene rings is 1. The SMILES string of the molecule is CN(c1cccc(N)c1)S(=O)(=O)CC1CCCCC1. The van der Waals surface area contributed by atoms with Crippen LogP contribution in [0.15, 0.2) is 24.3 Å². The topological polar surface area (TPSA) is 63.4 Å². The Hall–Kier alpha value is -1.23. The first-order valence-corrected chi connectivity index (χ1v) is 8.42. The first-order valence-electron chi connectivity index (χ1n) is 6.81. The van der Waals surface area contributed by atoms with Gasteiger partial charge in [-0.05, 0) is 37.0 Å². The van der Waals surface area contributed by atoms with Crippen LogP contribution in [-0.2, 0) is 10.0 Å². The van der Waals surface area contributed by atoms with E-state index >= 15 is 0 Å². The minimum atomic E-state index is -3.25. The van der Waals surface area contributed by atoms with Crippen molar-refractivity contribution in [1.29, 1.82) is 0 Å². The zero-order chi connectivity index (χ0) is 13.9. The van der Waals surface area contributed by atoms with Gasteiger partial charge < -0.3 is 5.73 Å². The van der Waals surface area contributed by atoms with Crippen molar-refractivity contribution in [1.82, 2.24) is 0 Å². The molecule has 2 N–H and O–H groups in total. The van der Waals surface area contributed by atoms with Crippen molar-refractivity contribution in [3.05, 3.63) is 24.3 Å². The third-order valence-electron chi connectivity index (χ3n) is 3.82. The van der Waals surface area contributed by atoms with Crippen molar-refractivity contribution in [2.45, 2.75) is 32.1 Å². The largest absolute Gasteiger partial charge is 0.399 e. The van der Waals surface area contributed by atoms with Crippen LogP contribution in [0.1, 0.15) is 32.1 Å². The summed E-state index contributed by atoms with van der Waals surface area (Å²) in [5, 5.41) is 0. The van der Waals surface area contributed by atoms with E-state index in [-0.39, 0.29) is 5.75 Å². The molecule has 0 atom stereocenters. The Bertz CT molecular complexity index is 522. The van der Waals surface area contributed by atoms with Gasteiger partial charge in [0.1, 0.15) is 0 Å². The van der Waals surface area contributed by atoms with Crippen molar-refractivity contribution in [2.75, 3.05) is 22.8 Å². The highest BCUT2D eigenvalue weighted by molar-refractivity contribution is 7.92. The fourth-order valence-corrected chi connectivity index (χ4v) is 4.23. The van der Waals surface area contributed by atoms with E-state index in [4.69, 9.17) is 5.73 Å². The molecule has 0 aromatic heterocycles. The molecule has 0 aliphatic heterocycles. The highest BCUT2D eigenvalue weighted by Crippen LogP contribution is 2.27. The van der Waals surface area contributed by atoms with Crippen LogP contribution in [0.25, 0.3) is 0 Å². The van der Waals surface area contributed by atoms with Crippen LogP contribution >= 0.6 is 0 Å². The van der Waals surface area contributed by atoms with Crippen LogP contribution in [0.3, 0.4) is 0 Å². The predicted octanol–water partition coefficient (Wildman–Crippen LogP) is 2.62. The number of sulfonamides is 1. The van der Waals surface area contributed by atoms with Crippen molar-refractivity contribution >= 4 is 21.4 Å². The molecule has 0 heterocycles. The first kappa shape index (κ1) is 14.2. The Labute approximate surface area is 115 Å². The van der Waals surface area contributed by atoms with Crippen molar-refractivity contribution in [3.8, 4) is 0 Å². The minimum Gasteiger partial charge on any atom is -0.399 e. The van der Waals surface area contributed by atoms with Crippen LogP contribution in [0.4, 0.5) is 11.4 Å². The maximum Gasteiger partial charge on any atom is 0.235 e. The molecule has 1 aliphatic carbocycles. The van der Waals surface area contributed by atoms with E-state index in [1.54, 1.807) is 31.3 Å². The van der Waals surface area contributed by atoms with Crippen LogP contribution < -0.4 is 10.0 Å². The Balaban J connectivity index is 2.10. The number of nitrogens with zero attached hydrogens (tertiary/aromatic N) is 1. The number of nitrogen functional groups attached to an aromatic ring is 1. The molecule has 1 aliphatic rings. The van der Waals surface area contributed by atoms with Crippen molar-refractivity contribution < 1.29 is 8.42 Å². The molecule has 106 valence electrons. The Kier molecular flexibility index (Phi) is 4.34. The summed E-state index contributed by atoms with van der Waals surface area (Å²) in [4.78, 5) is 0. The Morgan fingerprint density at radius 2 is 1.95 bits per heavy atom. The molecule has 19 heavy (non-hydrogen) atoms. The van der Waals surface area contributed by atoms with E-state index in [0.29, 0.717) is 17.3 Å². The fourth-order valence-electron chi connectivity index (χ4n) is 2.64. The second-order valence-corrected chi connectivity index (χ2v) is 7.39. The predicted molar refractivity (Wildman–Crippen MR) is 79.6 cm³/mol. The first-order chi connectivity index (χ1) is 8.99. The van der Waals surface area contributed by atoms with E-state index < -0.39 is 10.0 Å². The van der Waals surface area contributed by atoms with Crippen LogP contribution in [0.2, 0.25) is 0 Å². The lowest BCUT2D eigenvalue weighted by atomic mass is 9.91. The quantitative estimate of drug-likeness (QED) is 0.863. The monoisotopic (exact) mass is 282 g/mol. The minimum absolute atomic E-state index is 0.248. The highest BCUT2D eigenvalue weighted by atomic mass is 32.2. The van der Waals surface area contributed by atoms with Crippen molar-refractivity contribution in [3.63, 3.8) is 0 Å². The molecular formula is C14H22N2O2S. The molecule has 5 heteroatoms. The molecule has 0 radical (unpaired) electrons. The van der Waals surface area contributed by atoms with E-state index in [0.717, 1.165) is 25.7 Å². The summed E-state index contributed by atoms with van der Waals surface area (Å²) < 4.78 is 26.2. The molecular weight excluding hydrogens is 260 g/mol. The number of rotatable bonds is 4. The van der Waals surface area contributed by atoms with E-state index in [1.165, 1.54) is 10.7 Å². The van der Waals surface area contributed by atoms with Crippen molar-refractivity contribution in [2.24, 2.45) is 5.92 Å². The standard InChI is InChI=1S/C14H22N2O2S/c1-16(14-9-5-8-13(15)10-14)19(17,18)11-12-6-3-2-4-7-12/h5,8-10,12H,2-4,6-7,11,15H2,1H3. The van der Waals surface area contributed by atoms with Gasteiger partial charge in [-0.2, -0.15) is 0 Å². The lowest BCUT2D eigenvalue weighted by Crippen LogP contribution is -2.32. The summed E-state index contributed by atoms with van der Waals surface area (Å²) in [6.45, 7) is 0. The van der Waals surface area contributed by atoms with Gasteiger partial charge in [0.15, 0.2) is 0 Å². The molecule has 0 bridgehead atoms. The Morgan fingerprint density at radius 3 is 2.58 bits per heavy atom. The average Bonchev–Trinajstić information content (AvgIpc) is 2.38. The summed E-state index contributed by atoms with van der Waals surface area (Å²) in [6, 6.07) is 7.00. The number of hydrogen-bond acceptors (Lipinski definition) is 3. The third kappa shape index (κ3) is 3.62. The van der Waals surface area contributed by atoms with Gasteiger partial charge in [-0.15, -0.1) is 0 Å². The van der Waals surface area contributed by atoms with Gasteiger partial charge in [-0.25, -0.2) is 8.42 Å². The third-order valence-corrected chi connectivity index (χ3v) is 5.76. The lowest BCUT2D eigenvalue weighted by Gasteiger charge is -2.25. The second-order valence-electron chi connectivity index (χ2n) is 5.35. The molecule has 1 aromatic carbocycles. The van der Waals surface area contributed by atoms with Gasteiger partial charge >= 0.3 is 0 Å². The molecule has 1 fully saturated rings. The van der Waals surface area contributed by atoms with Gasteiger partial charge in [0.25, 0.3) is 0 Å². The zero-order valence-corrected chi connectivity index (χ0v) is 12.2. The molecule has 0 unspecified atom stereocenters. The summed E-state index contributed by atoms with van der Waals surface area (Å²) in [6.07, 6.45) is 5.61. The van der Waals surface area contributed by atoms with Crippen LogP contribution in [0.5, 0.6) is 0 Å². The van der Waals surface area contributed by atoms with E-state index in [9.17, 15) is 8.42 Å². The van der Waals surface area contributed by atoms with E-state index in [2.05, 4.69) is 0 Å². The summed E-state index contributed by atoms with van der Waals surface area (Å²) in [5.74, 6) is 0.556.